The van der Waals surface area contributed by atoms with Gasteiger partial charge in [-0.3, -0.25) is 9.58 Å². The highest BCUT2D eigenvalue weighted by Crippen LogP contribution is 2.23. The summed E-state index contributed by atoms with van der Waals surface area (Å²) in [6.45, 7) is 3.48. The van der Waals surface area contributed by atoms with Crippen molar-refractivity contribution >= 4 is 15.9 Å². The molecule has 2 aromatic rings. The highest BCUT2D eigenvalue weighted by molar-refractivity contribution is 9.10. The number of rotatable bonds is 5. The third kappa shape index (κ3) is 3.48. The van der Waals surface area contributed by atoms with Gasteiger partial charge in [0.1, 0.15) is 0 Å². The normalized spacial score (nSPS) is 12.9. The maximum atomic E-state index is 5.98. The van der Waals surface area contributed by atoms with Gasteiger partial charge in [-0.15, -0.1) is 0 Å². The summed E-state index contributed by atoms with van der Waals surface area (Å²) in [6, 6.07) is 8.58. The molecule has 108 valence electrons. The van der Waals surface area contributed by atoms with Gasteiger partial charge < -0.3 is 5.73 Å². The summed E-state index contributed by atoms with van der Waals surface area (Å²) >= 11 is 3.46. The van der Waals surface area contributed by atoms with E-state index in [2.05, 4.69) is 63.4 Å². The first kappa shape index (κ1) is 15.2. The quantitative estimate of drug-likeness (QED) is 0.912. The first-order valence-corrected chi connectivity index (χ1v) is 7.45. The molecule has 2 rings (SSSR count). The second kappa shape index (κ2) is 6.52. The van der Waals surface area contributed by atoms with Gasteiger partial charge in [-0.2, -0.15) is 5.10 Å². The smallest absolute Gasteiger partial charge is 0.0641 e. The van der Waals surface area contributed by atoms with Crippen molar-refractivity contribution in [2.75, 3.05) is 13.6 Å². The lowest BCUT2D eigenvalue weighted by molar-refractivity contribution is 0.241. The number of hydrogen-bond donors (Lipinski definition) is 1. The first-order valence-electron chi connectivity index (χ1n) is 6.66. The van der Waals surface area contributed by atoms with Crippen molar-refractivity contribution in [1.29, 1.82) is 0 Å². The van der Waals surface area contributed by atoms with Gasteiger partial charge in [0.05, 0.1) is 11.7 Å². The largest absolute Gasteiger partial charge is 0.329 e. The minimum Gasteiger partial charge on any atom is -0.329 e. The van der Waals surface area contributed by atoms with Crippen molar-refractivity contribution in [3.05, 3.63) is 51.8 Å². The summed E-state index contributed by atoms with van der Waals surface area (Å²) in [5, 5.41) is 4.41. The maximum Gasteiger partial charge on any atom is 0.0641 e. The molecule has 0 fully saturated rings. The van der Waals surface area contributed by atoms with E-state index in [0.29, 0.717) is 6.54 Å². The molecule has 1 aromatic carbocycles. The Labute approximate surface area is 128 Å². The van der Waals surface area contributed by atoms with Crippen molar-refractivity contribution < 1.29 is 0 Å². The highest BCUT2D eigenvalue weighted by atomic mass is 79.9. The molecule has 0 bridgehead atoms. The molecule has 0 aliphatic carbocycles. The Morgan fingerprint density at radius 2 is 2.00 bits per heavy atom. The number of aromatic nitrogens is 2. The Morgan fingerprint density at radius 3 is 2.50 bits per heavy atom. The first-order chi connectivity index (χ1) is 9.51. The molecule has 1 unspecified atom stereocenters. The van der Waals surface area contributed by atoms with Crippen LogP contribution in [0.4, 0.5) is 0 Å². The number of halogens is 1. The molecule has 0 amide bonds. The van der Waals surface area contributed by atoms with Gasteiger partial charge in [-0.05, 0) is 31.7 Å². The van der Waals surface area contributed by atoms with Crippen LogP contribution in [0.2, 0.25) is 0 Å². The van der Waals surface area contributed by atoms with Gasteiger partial charge in [-0.1, -0.05) is 28.1 Å². The topological polar surface area (TPSA) is 47.1 Å². The molecule has 5 heteroatoms. The molecule has 0 saturated carbocycles. The van der Waals surface area contributed by atoms with Gasteiger partial charge in [-0.25, -0.2) is 0 Å². The molecular weight excluding hydrogens is 316 g/mol. The zero-order chi connectivity index (χ0) is 14.7. The fraction of sp³-hybridized carbons (Fsp3) is 0.400. The molecule has 1 heterocycles. The van der Waals surface area contributed by atoms with Crippen LogP contribution in [0.1, 0.15) is 22.9 Å². The number of nitrogens with two attached hydrogens (primary N) is 1. The molecular formula is C15H21BrN4. The van der Waals surface area contributed by atoms with Crippen LogP contribution in [0, 0.1) is 6.92 Å². The summed E-state index contributed by atoms with van der Waals surface area (Å²) < 4.78 is 2.95. The van der Waals surface area contributed by atoms with E-state index >= 15 is 0 Å². The molecule has 0 spiro atoms. The van der Waals surface area contributed by atoms with Crippen LogP contribution < -0.4 is 5.73 Å². The van der Waals surface area contributed by atoms with Gasteiger partial charge in [0.15, 0.2) is 0 Å². The van der Waals surface area contributed by atoms with Crippen LogP contribution in [0.3, 0.4) is 0 Å². The van der Waals surface area contributed by atoms with Crippen LogP contribution in [-0.4, -0.2) is 28.3 Å². The average Bonchev–Trinajstić information content (AvgIpc) is 2.72. The lowest BCUT2D eigenvalue weighted by atomic mass is 10.1. The Morgan fingerprint density at radius 1 is 1.35 bits per heavy atom. The van der Waals surface area contributed by atoms with Gasteiger partial charge in [0, 0.05) is 36.4 Å². The number of nitrogens with zero attached hydrogens (tertiary/aromatic N) is 3. The monoisotopic (exact) mass is 336 g/mol. The van der Waals surface area contributed by atoms with Gasteiger partial charge >= 0.3 is 0 Å². The van der Waals surface area contributed by atoms with Crippen LogP contribution in [0.5, 0.6) is 0 Å². The average molecular weight is 337 g/mol. The van der Waals surface area contributed by atoms with Gasteiger partial charge in [0.2, 0.25) is 0 Å². The molecule has 0 aliphatic rings. The van der Waals surface area contributed by atoms with E-state index < -0.39 is 0 Å². The summed E-state index contributed by atoms with van der Waals surface area (Å²) in [5.74, 6) is 0. The second-order valence-electron chi connectivity index (χ2n) is 5.14. The lowest BCUT2D eigenvalue weighted by Gasteiger charge is -2.26. The second-order valence-corrected chi connectivity index (χ2v) is 6.05. The lowest BCUT2D eigenvalue weighted by Crippen LogP contribution is -2.30. The van der Waals surface area contributed by atoms with Crippen molar-refractivity contribution in [3.63, 3.8) is 0 Å². The number of likely N-dealkylation sites (N-methyl/N-ethyl adjacent to an activating group) is 1. The highest BCUT2D eigenvalue weighted by Gasteiger charge is 2.19. The zero-order valence-electron chi connectivity index (χ0n) is 12.2. The van der Waals surface area contributed by atoms with Crippen LogP contribution >= 0.6 is 15.9 Å². The van der Waals surface area contributed by atoms with E-state index in [1.165, 1.54) is 11.1 Å². The Kier molecular flexibility index (Phi) is 4.96. The predicted molar refractivity (Wildman–Crippen MR) is 85.3 cm³/mol. The SMILES string of the molecule is Cc1nn(C)cc1C(CN)N(C)Cc1ccc(Br)cc1. The molecule has 1 atom stereocenters. The number of hydrogen-bond acceptors (Lipinski definition) is 3. The summed E-state index contributed by atoms with van der Waals surface area (Å²) in [6.07, 6.45) is 2.06. The third-order valence-electron chi connectivity index (χ3n) is 3.51. The Balaban J connectivity index is 2.15. The molecule has 4 nitrogen and oxygen atoms in total. The molecule has 2 N–H and O–H groups in total. The molecule has 0 saturated heterocycles. The van der Waals surface area contributed by atoms with E-state index in [1.807, 2.05) is 18.7 Å². The van der Waals surface area contributed by atoms with Gasteiger partial charge in [0.25, 0.3) is 0 Å². The molecule has 20 heavy (non-hydrogen) atoms. The third-order valence-corrected chi connectivity index (χ3v) is 4.04. The summed E-state index contributed by atoms with van der Waals surface area (Å²) in [5.41, 5.74) is 9.50. The predicted octanol–water partition coefficient (Wildman–Crippen LogP) is 2.62. The fourth-order valence-corrected chi connectivity index (χ4v) is 2.74. The van der Waals surface area contributed by atoms with Crippen LogP contribution in [0.15, 0.2) is 34.9 Å². The number of aryl methyl sites for hydroxylation is 2. The Hall–Kier alpha value is -1.17. The number of benzene rings is 1. The molecule has 0 aliphatic heterocycles. The van der Waals surface area contributed by atoms with Crippen molar-refractivity contribution in [2.45, 2.75) is 19.5 Å². The van der Waals surface area contributed by atoms with E-state index in [4.69, 9.17) is 5.73 Å². The molecule has 1 aromatic heterocycles. The maximum absolute atomic E-state index is 5.98. The van der Waals surface area contributed by atoms with Crippen LogP contribution in [0.25, 0.3) is 0 Å². The Bertz CT molecular complexity index is 562. The van der Waals surface area contributed by atoms with E-state index in [-0.39, 0.29) is 6.04 Å². The van der Waals surface area contributed by atoms with Crippen LogP contribution in [-0.2, 0) is 13.6 Å². The molecule has 0 radical (unpaired) electrons. The van der Waals surface area contributed by atoms with E-state index in [1.54, 1.807) is 0 Å². The van der Waals surface area contributed by atoms with Crippen molar-refractivity contribution in [3.8, 4) is 0 Å². The zero-order valence-corrected chi connectivity index (χ0v) is 13.8. The van der Waals surface area contributed by atoms with Crippen molar-refractivity contribution in [2.24, 2.45) is 12.8 Å². The standard InChI is InChI=1S/C15H21BrN4/c1-11-14(10-20(3)18-11)15(8-17)19(2)9-12-4-6-13(16)7-5-12/h4-7,10,15H,8-9,17H2,1-3H3. The van der Waals surface area contributed by atoms with E-state index in [0.717, 1.165) is 16.7 Å². The summed E-state index contributed by atoms with van der Waals surface area (Å²) in [4.78, 5) is 2.27. The summed E-state index contributed by atoms with van der Waals surface area (Å²) in [7, 11) is 4.05. The minimum absolute atomic E-state index is 0.187. The van der Waals surface area contributed by atoms with Crippen molar-refractivity contribution in [1.82, 2.24) is 14.7 Å². The minimum atomic E-state index is 0.187. The fourth-order valence-electron chi connectivity index (χ4n) is 2.48. The van der Waals surface area contributed by atoms with E-state index in [9.17, 15) is 0 Å².